The molecule has 0 N–H and O–H groups in total. The van der Waals surface area contributed by atoms with Crippen LogP contribution in [0.5, 0.6) is 0 Å². The van der Waals surface area contributed by atoms with E-state index in [-0.39, 0.29) is 44.0 Å². The Morgan fingerprint density at radius 2 is 0.538 bits per heavy atom. The molecular formula is C8H20GeO4. The van der Waals surface area contributed by atoms with Gasteiger partial charge in [0.2, 0.25) is 0 Å². The van der Waals surface area contributed by atoms with Gasteiger partial charge in [-0.25, -0.2) is 0 Å². The van der Waals surface area contributed by atoms with E-state index < -0.39 is 0 Å². The van der Waals surface area contributed by atoms with Gasteiger partial charge in [0, 0.05) is 0 Å². The Bertz CT molecular complexity index is 24.1. The van der Waals surface area contributed by atoms with Crippen LogP contribution in [0.4, 0.5) is 0 Å². The van der Waals surface area contributed by atoms with E-state index in [1.165, 1.54) is 0 Å². The van der Waals surface area contributed by atoms with E-state index in [0.717, 1.165) is 0 Å². The van der Waals surface area contributed by atoms with Crippen molar-refractivity contribution in [3.63, 3.8) is 0 Å². The fraction of sp³-hybridized carbons (Fsp3) is 1.00. The van der Waals surface area contributed by atoms with E-state index in [2.05, 4.69) is 0 Å². The summed E-state index contributed by atoms with van der Waals surface area (Å²) in [6.45, 7) is 6.28. The Morgan fingerprint density at radius 1 is 0.538 bits per heavy atom. The van der Waals surface area contributed by atoms with E-state index in [1.807, 2.05) is 0 Å². The molecule has 0 amide bonds. The molecule has 0 saturated heterocycles. The van der Waals surface area contributed by atoms with Crippen LogP contribution in [0.2, 0.25) is 0 Å². The maximum absolute atomic E-state index is 8.93. The van der Waals surface area contributed by atoms with Crippen LogP contribution in [-0.2, 0) is 0 Å². The van der Waals surface area contributed by atoms with Gasteiger partial charge in [0.1, 0.15) is 0 Å². The van der Waals surface area contributed by atoms with Crippen molar-refractivity contribution in [2.45, 2.75) is 27.7 Å². The van der Waals surface area contributed by atoms with Crippen LogP contribution >= 0.6 is 0 Å². The molecule has 0 aromatic carbocycles. The Balaban J connectivity index is -0.0000000213. The van der Waals surface area contributed by atoms with Gasteiger partial charge in [-0.05, 0) is 0 Å². The summed E-state index contributed by atoms with van der Waals surface area (Å²) in [4.78, 5) is 0. The predicted molar refractivity (Wildman–Crippen MR) is 47.9 cm³/mol. The molecule has 4 nitrogen and oxygen atoms in total. The summed E-state index contributed by atoms with van der Waals surface area (Å²) in [5, 5.41) is 35.7. The summed E-state index contributed by atoms with van der Waals surface area (Å²) in [6.07, 6.45) is 0. The third-order valence-corrected chi connectivity index (χ3v) is 0. The van der Waals surface area contributed by atoms with Crippen LogP contribution in [0.1, 0.15) is 27.7 Å². The van der Waals surface area contributed by atoms with Crippen LogP contribution in [0.25, 0.3) is 0 Å². The fourth-order valence-electron chi connectivity index (χ4n) is 0. The number of hydrogen-bond acceptors (Lipinski definition) is 4. The average Bonchev–Trinajstić information content (AvgIpc) is 1.92. The summed E-state index contributed by atoms with van der Waals surface area (Å²) >= 11 is 0. The van der Waals surface area contributed by atoms with E-state index in [9.17, 15) is 0 Å². The van der Waals surface area contributed by atoms with Crippen LogP contribution < -0.4 is 20.4 Å². The molecule has 0 saturated carbocycles. The molecule has 0 aliphatic rings. The number of rotatable bonds is 0. The third kappa shape index (κ3) is 9110. The molecular weight excluding hydrogens is 233 g/mol. The standard InChI is InChI=1S/4C2H5O.Ge/c4*1-2-3;/h4*2H2,1H3;/q4*-1;+4. The molecule has 0 radical (unpaired) electrons. The van der Waals surface area contributed by atoms with Crippen molar-refractivity contribution < 1.29 is 20.4 Å². The molecule has 0 aromatic rings. The van der Waals surface area contributed by atoms with Crippen molar-refractivity contribution in [2.24, 2.45) is 0 Å². The van der Waals surface area contributed by atoms with Crippen molar-refractivity contribution in [3.05, 3.63) is 0 Å². The molecule has 0 atom stereocenters. The zero-order chi connectivity index (χ0) is 10.8. The minimum atomic E-state index is 0. The van der Waals surface area contributed by atoms with Crippen LogP contribution in [0, 0.1) is 0 Å². The van der Waals surface area contributed by atoms with E-state index in [0.29, 0.717) is 0 Å². The molecule has 0 aliphatic carbocycles. The summed E-state index contributed by atoms with van der Waals surface area (Å²) < 4.78 is 0. The molecule has 0 aromatic heterocycles. The van der Waals surface area contributed by atoms with Gasteiger partial charge in [0.15, 0.2) is 0 Å². The maximum atomic E-state index is 8.93. The van der Waals surface area contributed by atoms with Gasteiger partial charge in [0.25, 0.3) is 0 Å². The van der Waals surface area contributed by atoms with Gasteiger partial charge in [-0.2, -0.15) is 0 Å². The largest absolute Gasteiger partial charge is 4.00 e. The van der Waals surface area contributed by atoms with Gasteiger partial charge in [0.05, 0.1) is 0 Å². The maximum Gasteiger partial charge on any atom is 4.00 e. The first-order chi connectivity index (χ1) is 5.66. The van der Waals surface area contributed by atoms with Gasteiger partial charge >= 0.3 is 17.6 Å². The quantitative estimate of drug-likeness (QED) is 0.432. The van der Waals surface area contributed by atoms with E-state index in [1.54, 1.807) is 27.7 Å². The minimum Gasteiger partial charge on any atom is -0.855 e. The molecule has 0 heterocycles. The van der Waals surface area contributed by atoms with Crippen LogP contribution in [0.15, 0.2) is 0 Å². The monoisotopic (exact) mass is 254 g/mol. The SMILES string of the molecule is CC[O-].CC[O-].CC[O-].CC[O-].[Ge+4]. The normalized spacial score (nSPS) is 5.54. The van der Waals surface area contributed by atoms with Crippen molar-refractivity contribution >= 4 is 17.6 Å². The molecule has 0 unspecified atom stereocenters. The van der Waals surface area contributed by atoms with Gasteiger partial charge in [-0.1, -0.05) is 27.7 Å². The predicted octanol–water partition coefficient (Wildman–Crippen LogP) is -2.91. The first kappa shape index (κ1) is 29.2. The van der Waals surface area contributed by atoms with Crippen molar-refractivity contribution in [2.75, 3.05) is 26.4 Å². The van der Waals surface area contributed by atoms with Crippen LogP contribution in [-0.4, -0.2) is 44.0 Å². The molecule has 0 bridgehead atoms. The molecule has 13 heavy (non-hydrogen) atoms. The fourth-order valence-corrected chi connectivity index (χ4v) is 0. The van der Waals surface area contributed by atoms with E-state index >= 15 is 0 Å². The van der Waals surface area contributed by atoms with Gasteiger partial charge in [-0.15, -0.1) is 26.4 Å². The molecule has 0 rings (SSSR count). The molecule has 5 heteroatoms. The smallest absolute Gasteiger partial charge is 0.855 e. The second-order valence-electron chi connectivity index (χ2n) is 1.15. The first-order valence-corrected chi connectivity index (χ1v) is 3.98. The number of hydrogen-bond donors (Lipinski definition) is 0. The first-order valence-electron chi connectivity index (χ1n) is 3.98. The summed E-state index contributed by atoms with van der Waals surface area (Å²) in [5.41, 5.74) is 0. The van der Waals surface area contributed by atoms with E-state index in [4.69, 9.17) is 20.4 Å². The van der Waals surface area contributed by atoms with Crippen molar-refractivity contribution in [1.29, 1.82) is 0 Å². The van der Waals surface area contributed by atoms with Crippen molar-refractivity contribution in [3.8, 4) is 0 Å². The van der Waals surface area contributed by atoms with Gasteiger partial charge in [-0.3, -0.25) is 0 Å². The Labute approximate surface area is 92.6 Å². The Hall–Kier alpha value is 0.383. The molecule has 80 valence electrons. The topological polar surface area (TPSA) is 92.2 Å². The summed E-state index contributed by atoms with van der Waals surface area (Å²) in [5.74, 6) is 0. The molecule has 0 aliphatic heterocycles. The minimum absolute atomic E-state index is 0. The zero-order valence-electron chi connectivity index (χ0n) is 8.96. The summed E-state index contributed by atoms with van der Waals surface area (Å²) in [6, 6.07) is 0. The summed E-state index contributed by atoms with van der Waals surface area (Å²) in [7, 11) is 0. The Morgan fingerprint density at radius 3 is 0.538 bits per heavy atom. The Kier molecular flexibility index (Phi) is 188. The van der Waals surface area contributed by atoms with Gasteiger partial charge < -0.3 is 20.4 Å². The molecule has 0 spiro atoms. The van der Waals surface area contributed by atoms with Crippen LogP contribution in [0.3, 0.4) is 0 Å². The van der Waals surface area contributed by atoms with Crippen molar-refractivity contribution in [1.82, 2.24) is 0 Å². The zero-order valence-corrected chi connectivity index (χ0v) is 11.1. The molecule has 0 fully saturated rings. The average molecular weight is 253 g/mol. The second-order valence-corrected chi connectivity index (χ2v) is 1.15. The second kappa shape index (κ2) is 83.5. The third-order valence-electron chi connectivity index (χ3n) is 0.